The van der Waals surface area contributed by atoms with Crippen LogP contribution in [0.1, 0.15) is 35.3 Å². The van der Waals surface area contributed by atoms with Crippen molar-refractivity contribution < 1.29 is 4.79 Å². The summed E-state index contributed by atoms with van der Waals surface area (Å²) < 4.78 is 0. The second-order valence-electron chi connectivity index (χ2n) is 7.15. The highest BCUT2D eigenvalue weighted by Gasteiger charge is 2.12. The van der Waals surface area contributed by atoms with Crippen molar-refractivity contribution in [2.45, 2.75) is 19.3 Å². The summed E-state index contributed by atoms with van der Waals surface area (Å²) in [6.07, 6.45) is 6.67. The number of benzene rings is 2. The summed E-state index contributed by atoms with van der Waals surface area (Å²) in [6.45, 7) is 2.17. The number of carbonyl (C=O) groups excluding carboxylic acids is 1. The maximum atomic E-state index is 12.5. The maximum Gasteiger partial charge on any atom is 0.275 e. The molecule has 1 aliphatic heterocycles. The van der Waals surface area contributed by atoms with E-state index in [2.05, 4.69) is 31.6 Å². The predicted molar refractivity (Wildman–Crippen MR) is 117 cm³/mol. The van der Waals surface area contributed by atoms with Crippen LogP contribution in [-0.2, 0) is 0 Å². The van der Waals surface area contributed by atoms with Gasteiger partial charge in [0.25, 0.3) is 5.91 Å². The lowest BCUT2D eigenvalue weighted by Crippen LogP contribution is -2.29. The number of nitrogens with zero attached hydrogens (tertiary/aromatic N) is 4. The van der Waals surface area contributed by atoms with E-state index < -0.39 is 0 Å². The number of nitrogens with one attached hydrogen (secondary N) is 2. The third-order valence-corrected chi connectivity index (χ3v) is 4.99. The first-order chi connectivity index (χ1) is 14.7. The molecular weight excluding hydrogens is 376 g/mol. The molecule has 2 aromatic carbocycles. The third kappa shape index (κ3) is 4.73. The van der Waals surface area contributed by atoms with Crippen LogP contribution >= 0.6 is 0 Å². The Morgan fingerprint density at radius 3 is 2.47 bits per heavy atom. The van der Waals surface area contributed by atoms with Gasteiger partial charge in [-0.25, -0.2) is 9.97 Å². The molecule has 150 valence electrons. The van der Waals surface area contributed by atoms with Crippen LogP contribution in [-0.4, -0.2) is 29.0 Å². The Morgan fingerprint density at radius 1 is 0.967 bits per heavy atom. The van der Waals surface area contributed by atoms with E-state index in [1.54, 1.807) is 18.2 Å². The summed E-state index contributed by atoms with van der Waals surface area (Å²) in [5.74, 6) is 0.179. The highest BCUT2D eigenvalue weighted by atomic mass is 16.1. The summed E-state index contributed by atoms with van der Waals surface area (Å²) >= 11 is 0. The van der Waals surface area contributed by atoms with E-state index in [-0.39, 0.29) is 11.6 Å². The van der Waals surface area contributed by atoms with E-state index >= 15 is 0 Å². The number of hydrogen-bond acceptors (Lipinski definition) is 6. The zero-order valence-electron chi connectivity index (χ0n) is 16.5. The lowest BCUT2D eigenvalue weighted by atomic mass is 10.1. The highest BCUT2D eigenvalue weighted by Crippen LogP contribution is 2.22. The molecule has 7 nitrogen and oxygen atoms in total. The monoisotopic (exact) mass is 398 g/mol. The van der Waals surface area contributed by atoms with Crippen LogP contribution in [0, 0.1) is 11.3 Å². The van der Waals surface area contributed by atoms with Crippen molar-refractivity contribution in [3.63, 3.8) is 0 Å². The van der Waals surface area contributed by atoms with E-state index in [0.717, 1.165) is 24.5 Å². The summed E-state index contributed by atoms with van der Waals surface area (Å²) in [4.78, 5) is 23.3. The fraction of sp³-hybridized carbons (Fsp3) is 0.217. The summed E-state index contributed by atoms with van der Waals surface area (Å²) in [5.41, 5.74) is 3.41. The molecule has 2 N–H and O–H groups in total. The largest absolute Gasteiger partial charge is 0.372 e. The van der Waals surface area contributed by atoms with Crippen molar-refractivity contribution in [1.29, 1.82) is 5.26 Å². The van der Waals surface area contributed by atoms with Crippen molar-refractivity contribution in [1.82, 2.24) is 9.97 Å². The Morgan fingerprint density at radius 2 is 1.77 bits per heavy atom. The number of nitriles is 1. The Kier molecular flexibility index (Phi) is 5.85. The Hall–Kier alpha value is -3.92. The molecule has 0 aliphatic carbocycles. The quantitative estimate of drug-likeness (QED) is 0.664. The third-order valence-electron chi connectivity index (χ3n) is 4.99. The molecular formula is C23H22N6O. The summed E-state index contributed by atoms with van der Waals surface area (Å²) in [6, 6.07) is 17.0. The van der Waals surface area contributed by atoms with Crippen molar-refractivity contribution in [2.75, 3.05) is 28.6 Å². The van der Waals surface area contributed by atoms with E-state index in [4.69, 9.17) is 5.26 Å². The second kappa shape index (κ2) is 9.05. The average Bonchev–Trinajstić information content (AvgIpc) is 2.81. The lowest BCUT2D eigenvalue weighted by molar-refractivity contribution is 0.102. The molecule has 1 aromatic heterocycles. The number of piperidine rings is 1. The molecule has 0 unspecified atom stereocenters. The van der Waals surface area contributed by atoms with Gasteiger partial charge in [0.05, 0.1) is 24.0 Å². The fourth-order valence-corrected chi connectivity index (χ4v) is 3.43. The van der Waals surface area contributed by atoms with Gasteiger partial charge in [-0.2, -0.15) is 5.26 Å². The van der Waals surface area contributed by atoms with Crippen molar-refractivity contribution in [2.24, 2.45) is 0 Å². The van der Waals surface area contributed by atoms with Crippen LogP contribution < -0.4 is 15.5 Å². The number of carbonyl (C=O) groups is 1. The maximum absolute atomic E-state index is 12.5. The van der Waals surface area contributed by atoms with Crippen LogP contribution in [0.4, 0.5) is 22.9 Å². The molecule has 4 rings (SSSR count). The molecule has 1 saturated heterocycles. The molecule has 2 heterocycles. The minimum absolute atomic E-state index is 0.228. The Labute approximate surface area is 175 Å². The number of anilines is 4. The summed E-state index contributed by atoms with van der Waals surface area (Å²) in [5, 5.41) is 14.9. The zero-order valence-corrected chi connectivity index (χ0v) is 16.5. The number of rotatable bonds is 5. The number of amides is 1. The van der Waals surface area contributed by atoms with Gasteiger partial charge < -0.3 is 15.5 Å². The highest BCUT2D eigenvalue weighted by molar-refractivity contribution is 6.02. The van der Waals surface area contributed by atoms with E-state index in [0.29, 0.717) is 11.4 Å². The van der Waals surface area contributed by atoms with Gasteiger partial charge in [0.1, 0.15) is 11.5 Å². The molecule has 1 fully saturated rings. The Bertz CT molecular complexity index is 1050. The first-order valence-electron chi connectivity index (χ1n) is 9.97. The number of hydrogen-bond donors (Lipinski definition) is 2. The summed E-state index contributed by atoms with van der Waals surface area (Å²) in [7, 11) is 0. The van der Waals surface area contributed by atoms with Crippen LogP contribution in [0.15, 0.2) is 60.9 Å². The van der Waals surface area contributed by atoms with E-state index in [9.17, 15) is 4.79 Å². The predicted octanol–water partition coefficient (Wildman–Crippen LogP) is 4.33. The van der Waals surface area contributed by atoms with Gasteiger partial charge in [-0.1, -0.05) is 6.07 Å². The van der Waals surface area contributed by atoms with Crippen LogP contribution in [0.2, 0.25) is 0 Å². The average molecular weight is 398 g/mol. The van der Waals surface area contributed by atoms with Crippen molar-refractivity contribution in [3.05, 3.63) is 72.2 Å². The minimum Gasteiger partial charge on any atom is -0.372 e. The standard InChI is InChI=1S/C23H22N6O/c24-14-17-5-4-6-19(13-17)27-22-16-25-21(15-26-22)23(30)28-18-7-9-20(10-8-18)29-11-2-1-3-12-29/h4-10,13,15-16H,1-3,11-12H2,(H,26,27)(H,28,30). The van der Waals surface area contributed by atoms with Gasteiger partial charge in [-0.15, -0.1) is 0 Å². The molecule has 7 heteroatoms. The topological polar surface area (TPSA) is 93.9 Å². The van der Waals surface area contributed by atoms with Gasteiger partial charge in [0.15, 0.2) is 0 Å². The van der Waals surface area contributed by atoms with Crippen LogP contribution in [0.3, 0.4) is 0 Å². The van der Waals surface area contributed by atoms with Gasteiger partial charge in [0, 0.05) is 30.2 Å². The molecule has 1 amide bonds. The molecule has 0 atom stereocenters. The van der Waals surface area contributed by atoms with E-state index in [1.165, 1.54) is 37.3 Å². The smallest absolute Gasteiger partial charge is 0.275 e. The molecule has 0 saturated carbocycles. The first-order valence-corrected chi connectivity index (χ1v) is 9.97. The molecule has 0 spiro atoms. The molecule has 0 radical (unpaired) electrons. The van der Waals surface area contributed by atoms with Gasteiger partial charge in [-0.05, 0) is 61.7 Å². The van der Waals surface area contributed by atoms with Gasteiger partial charge in [-0.3, -0.25) is 4.79 Å². The molecule has 3 aromatic rings. The lowest BCUT2D eigenvalue weighted by Gasteiger charge is -2.28. The second-order valence-corrected chi connectivity index (χ2v) is 7.15. The zero-order chi connectivity index (χ0) is 20.8. The van der Waals surface area contributed by atoms with Crippen LogP contribution in [0.25, 0.3) is 0 Å². The normalized spacial score (nSPS) is 13.4. The van der Waals surface area contributed by atoms with Crippen molar-refractivity contribution >= 4 is 28.8 Å². The minimum atomic E-state index is -0.314. The van der Waals surface area contributed by atoms with Gasteiger partial charge in [0.2, 0.25) is 0 Å². The molecule has 1 aliphatic rings. The van der Waals surface area contributed by atoms with E-state index in [1.807, 2.05) is 30.3 Å². The molecule has 0 bridgehead atoms. The van der Waals surface area contributed by atoms with Gasteiger partial charge >= 0.3 is 0 Å². The molecule has 30 heavy (non-hydrogen) atoms. The SMILES string of the molecule is N#Cc1cccc(Nc2cnc(C(=O)Nc3ccc(N4CCCCC4)cc3)cn2)c1. The van der Waals surface area contributed by atoms with Crippen molar-refractivity contribution in [3.8, 4) is 6.07 Å². The number of aromatic nitrogens is 2. The Balaban J connectivity index is 1.37. The fourth-order valence-electron chi connectivity index (χ4n) is 3.43. The first kappa shape index (κ1) is 19.4. The van der Waals surface area contributed by atoms with Crippen LogP contribution in [0.5, 0.6) is 0 Å².